The van der Waals surface area contributed by atoms with Crippen LogP contribution in [0.15, 0.2) is 53.1 Å². The molecule has 0 spiro atoms. The minimum Gasteiger partial charge on any atom is -0.497 e. The summed E-state index contributed by atoms with van der Waals surface area (Å²) in [7, 11) is 1.54. The fourth-order valence-electron chi connectivity index (χ4n) is 2.72. The minimum atomic E-state index is -1.08. The van der Waals surface area contributed by atoms with Crippen molar-refractivity contribution in [2.75, 3.05) is 12.4 Å². The number of nitrogens with zero attached hydrogens (tertiary/aromatic N) is 1. The second-order valence-corrected chi connectivity index (χ2v) is 6.23. The number of amides is 1. The number of fused-ring (bicyclic) bond motifs is 1. The molecule has 9 nitrogen and oxygen atoms in total. The largest absolute Gasteiger partial charge is 0.497 e. The number of carbonyl (C=O) groups excluding carboxylic acids is 2. The third-order valence-electron chi connectivity index (χ3n) is 4.20. The summed E-state index contributed by atoms with van der Waals surface area (Å²) >= 11 is 0. The summed E-state index contributed by atoms with van der Waals surface area (Å²) in [5.41, 5.74) is 1.28. The average Bonchev–Trinajstić information content (AvgIpc) is 3.09. The Hall–Kier alpha value is -3.88. The molecular formula is C20H18N2O7. The van der Waals surface area contributed by atoms with Crippen LogP contribution in [-0.2, 0) is 20.7 Å². The molecule has 0 aliphatic carbocycles. The third kappa shape index (κ3) is 4.70. The Morgan fingerprint density at radius 2 is 2.03 bits per heavy atom. The van der Waals surface area contributed by atoms with E-state index in [4.69, 9.17) is 13.9 Å². The number of esters is 1. The summed E-state index contributed by atoms with van der Waals surface area (Å²) in [6.45, 7) is 1.42. The van der Waals surface area contributed by atoms with Crippen molar-refractivity contribution in [2.45, 2.75) is 19.4 Å². The second-order valence-electron chi connectivity index (χ2n) is 6.23. The van der Waals surface area contributed by atoms with Gasteiger partial charge in [0.15, 0.2) is 6.10 Å². The highest BCUT2D eigenvalue weighted by Gasteiger charge is 2.20. The van der Waals surface area contributed by atoms with E-state index in [2.05, 4.69) is 5.32 Å². The first-order valence-electron chi connectivity index (χ1n) is 8.66. The van der Waals surface area contributed by atoms with Gasteiger partial charge in [0.25, 0.3) is 11.6 Å². The molecule has 0 bridgehead atoms. The topological polar surface area (TPSA) is 121 Å². The van der Waals surface area contributed by atoms with Gasteiger partial charge in [-0.05, 0) is 25.1 Å². The fourth-order valence-corrected chi connectivity index (χ4v) is 2.72. The molecule has 2 aromatic carbocycles. The van der Waals surface area contributed by atoms with E-state index >= 15 is 0 Å². The number of furan rings is 1. The van der Waals surface area contributed by atoms with E-state index < -0.39 is 22.9 Å². The van der Waals surface area contributed by atoms with E-state index in [0.717, 1.165) is 5.39 Å². The molecule has 150 valence electrons. The Bertz CT molecular complexity index is 1070. The Morgan fingerprint density at radius 3 is 2.76 bits per heavy atom. The standard InChI is InChI=1S/C20H18N2O7/c1-12(20(24)21-14-4-3-5-15(9-14)22(25)26)29-19(23)8-13-11-28-18-10-16(27-2)6-7-17(13)18/h3-7,9-12H,8H2,1-2H3,(H,21,24). The van der Waals surface area contributed by atoms with Crippen molar-refractivity contribution >= 4 is 34.2 Å². The number of hydrogen-bond donors (Lipinski definition) is 1. The zero-order valence-electron chi connectivity index (χ0n) is 15.7. The highest BCUT2D eigenvalue weighted by Crippen LogP contribution is 2.26. The van der Waals surface area contributed by atoms with Crippen LogP contribution in [0, 0.1) is 10.1 Å². The molecule has 0 fully saturated rings. The van der Waals surface area contributed by atoms with Crippen molar-refractivity contribution < 1.29 is 28.4 Å². The van der Waals surface area contributed by atoms with Crippen LogP contribution in [-0.4, -0.2) is 30.0 Å². The Kier molecular flexibility index (Phi) is 5.77. The van der Waals surface area contributed by atoms with Crippen LogP contribution in [0.1, 0.15) is 12.5 Å². The van der Waals surface area contributed by atoms with E-state index in [1.54, 1.807) is 25.3 Å². The van der Waals surface area contributed by atoms with Crippen LogP contribution in [0.25, 0.3) is 11.0 Å². The number of nitro groups is 1. The zero-order chi connectivity index (χ0) is 21.0. The molecule has 3 rings (SSSR count). The van der Waals surface area contributed by atoms with Gasteiger partial charge in [0.05, 0.1) is 24.7 Å². The predicted octanol–water partition coefficient (Wildman–Crippen LogP) is 3.46. The molecule has 1 unspecified atom stereocenters. The number of rotatable bonds is 7. The second kappa shape index (κ2) is 8.42. The van der Waals surface area contributed by atoms with Crippen LogP contribution in [0.2, 0.25) is 0 Å². The van der Waals surface area contributed by atoms with Crippen molar-refractivity contribution in [3.63, 3.8) is 0 Å². The molecule has 3 aromatic rings. The van der Waals surface area contributed by atoms with Crippen LogP contribution in [0.4, 0.5) is 11.4 Å². The number of non-ortho nitro benzene ring substituents is 1. The Morgan fingerprint density at radius 1 is 1.24 bits per heavy atom. The van der Waals surface area contributed by atoms with Crippen molar-refractivity contribution in [1.82, 2.24) is 0 Å². The van der Waals surface area contributed by atoms with Crippen molar-refractivity contribution in [2.24, 2.45) is 0 Å². The molecule has 0 aliphatic rings. The molecular weight excluding hydrogens is 380 g/mol. The lowest BCUT2D eigenvalue weighted by molar-refractivity contribution is -0.384. The number of carbonyl (C=O) groups is 2. The minimum absolute atomic E-state index is 0.0756. The fraction of sp³-hybridized carbons (Fsp3) is 0.200. The molecule has 1 heterocycles. The van der Waals surface area contributed by atoms with Gasteiger partial charge in [-0.25, -0.2) is 0 Å². The molecule has 0 radical (unpaired) electrons. The van der Waals surface area contributed by atoms with Gasteiger partial charge in [0.1, 0.15) is 11.3 Å². The zero-order valence-corrected chi connectivity index (χ0v) is 15.7. The summed E-state index contributed by atoms with van der Waals surface area (Å²) in [4.78, 5) is 34.7. The SMILES string of the molecule is COc1ccc2c(CC(=O)OC(C)C(=O)Nc3cccc([N+](=O)[O-])c3)coc2c1. The predicted molar refractivity (Wildman–Crippen MR) is 104 cm³/mol. The van der Waals surface area contributed by atoms with Gasteiger partial charge in [0, 0.05) is 34.8 Å². The summed E-state index contributed by atoms with van der Waals surface area (Å²) in [6, 6.07) is 10.7. The third-order valence-corrected chi connectivity index (χ3v) is 4.20. The maximum Gasteiger partial charge on any atom is 0.311 e. The molecule has 29 heavy (non-hydrogen) atoms. The molecule has 9 heteroatoms. The first-order chi connectivity index (χ1) is 13.9. The van der Waals surface area contributed by atoms with Gasteiger partial charge in [0.2, 0.25) is 0 Å². The number of methoxy groups -OCH3 is 1. The maximum atomic E-state index is 12.2. The van der Waals surface area contributed by atoms with E-state index in [1.165, 1.54) is 37.5 Å². The first-order valence-corrected chi connectivity index (χ1v) is 8.66. The van der Waals surface area contributed by atoms with Crippen molar-refractivity contribution in [3.8, 4) is 5.75 Å². The number of benzene rings is 2. The van der Waals surface area contributed by atoms with Gasteiger partial charge >= 0.3 is 5.97 Å². The van der Waals surface area contributed by atoms with E-state index in [9.17, 15) is 19.7 Å². The van der Waals surface area contributed by atoms with Gasteiger partial charge in [-0.15, -0.1) is 0 Å². The van der Waals surface area contributed by atoms with Crippen LogP contribution >= 0.6 is 0 Å². The van der Waals surface area contributed by atoms with Crippen molar-refractivity contribution in [1.29, 1.82) is 0 Å². The average molecular weight is 398 g/mol. The number of ether oxygens (including phenoxy) is 2. The van der Waals surface area contributed by atoms with Crippen LogP contribution < -0.4 is 10.1 Å². The highest BCUT2D eigenvalue weighted by molar-refractivity contribution is 5.95. The van der Waals surface area contributed by atoms with Crippen LogP contribution in [0.3, 0.4) is 0 Å². The van der Waals surface area contributed by atoms with Crippen molar-refractivity contribution in [3.05, 3.63) is 64.4 Å². The quantitative estimate of drug-likeness (QED) is 0.367. The molecule has 0 aliphatic heterocycles. The Labute approximate surface area is 165 Å². The lowest BCUT2D eigenvalue weighted by Crippen LogP contribution is -2.30. The number of nitro benzene ring substituents is 1. The number of anilines is 1. The molecule has 0 saturated carbocycles. The normalized spacial score (nSPS) is 11.7. The van der Waals surface area contributed by atoms with Gasteiger partial charge < -0.3 is 19.2 Å². The molecule has 0 saturated heterocycles. The van der Waals surface area contributed by atoms with Gasteiger partial charge in [-0.3, -0.25) is 19.7 Å². The summed E-state index contributed by atoms with van der Waals surface area (Å²) in [5, 5.41) is 14.0. The van der Waals surface area contributed by atoms with E-state index in [0.29, 0.717) is 16.9 Å². The molecule has 1 amide bonds. The summed E-state index contributed by atoms with van der Waals surface area (Å²) < 4.78 is 15.7. The monoisotopic (exact) mass is 398 g/mol. The lowest BCUT2D eigenvalue weighted by atomic mass is 10.1. The molecule has 1 atom stereocenters. The summed E-state index contributed by atoms with van der Waals surface area (Å²) in [5.74, 6) is -0.571. The Balaban J connectivity index is 1.61. The number of hydrogen-bond acceptors (Lipinski definition) is 7. The molecule has 1 aromatic heterocycles. The summed E-state index contributed by atoms with van der Waals surface area (Å²) in [6.07, 6.45) is 0.299. The van der Waals surface area contributed by atoms with Gasteiger partial charge in [-0.1, -0.05) is 6.07 Å². The number of nitrogens with one attached hydrogen (secondary N) is 1. The lowest BCUT2D eigenvalue weighted by Gasteiger charge is -2.13. The maximum absolute atomic E-state index is 12.2. The van der Waals surface area contributed by atoms with E-state index in [-0.39, 0.29) is 17.8 Å². The first kappa shape index (κ1) is 19.9. The van der Waals surface area contributed by atoms with E-state index in [1.807, 2.05) is 0 Å². The smallest absolute Gasteiger partial charge is 0.311 e. The highest BCUT2D eigenvalue weighted by atomic mass is 16.6. The van der Waals surface area contributed by atoms with Gasteiger partial charge in [-0.2, -0.15) is 0 Å². The molecule has 1 N–H and O–H groups in total. The van der Waals surface area contributed by atoms with Crippen LogP contribution in [0.5, 0.6) is 5.75 Å².